The molecule has 0 saturated heterocycles. The number of nitriles is 2. The molecule has 0 fully saturated rings. The summed E-state index contributed by atoms with van der Waals surface area (Å²) in [5.74, 6) is -0.479. The smallest absolute Gasteiger partial charge is 0.271 e. The minimum atomic E-state index is -1.05. The molecule has 0 saturated carbocycles. The number of nitrogens with zero attached hydrogens (tertiary/aromatic N) is 6. The lowest BCUT2D eigenvalue weighted by atomic mass is 10.00. The molecule has 0 bridgehead atoms. The molecule has 0 aliphatic heterocycles. The van der Waals surface area contributed by atoms with Crippen molar-refractivity contribution in [2.45, 2.75) is 26.3 Å². The third kappa shape index (κ3) is 4.38. The van der Waals surface area contributed by atoms with E-state index in [0.29, 0.717) is 33.3 Å². The first-order chi connectivity index (χ1) is 15.7. The molecule has 33 heavy (non-hydrogen) atoms. The van der Waals surface area contributed by atoms with Gasteiger partial charge >= 0.3 is 0 Å². The van der Waals surface area contributed by atoms with E-state index in [1.807, 2.05) is 25.1 Å². The van der Waals surface area contributed by atoms with E-state index in [0.717, 1.165) is 11.1 Å². The highest BCUT2D eigenvalue weighted by Crippen LogP contribution is 2.36. The summed E-state index contributed by atoms with van der Waals surface area (Å²) in [6, 6.07) is 16.4. The van der Waals surface area contributed by atoms with Gasteiger partial charge in [0, 0.05) is 17.5 Å². The molecule has 162 valence electrons. The van der Waals surface area contributed by atoms with Gasteiger partial charge in [-0.15, -0.1) is 0 Å². The molecule has 0 aliphatic carbocycles. The van der Waals surface area contributed by atoms with Gasteiger partial charge in [-0.2, -0.15) is 15.6 Å². The molecule has 0 atom stereocenters. The number of aryl methyl sites for hydroxylation is 1. The van der Waals surface area contributed by atoms with Gasteiger partial charge in [-0.05, 0) is 56.7 Å². The first-order valence-electron chi connectivity index (χ1n) is 9.99. The maximum absolute atomic E-state index is 12.8. The third-order valence-corrected chi connectivity index (χ3v) is 5.09. The molecule has 0 radical (unpaired) electrons. The van der Waals surface area contributed by atoms with Gasteiger partial charge < -0.3 is 5.32 Å². The summed E-state index contributed by atoms with van der Waals surface area (Å²) in [5, 5.41) is 26.2. The second kappa shape index (κ2) is 8.34. The van der Waals surface area contributed by atoms with Crippen LogP contribution in [0.3, 0.4) is 0 Å². The highest BCUT2D eigenvalue weighted by molar-refractivity contribution is 6.29. The highest BCUT2D eigenvalue weighted by Gasteiger charge is 2.24. The van der Waals surface area contributed by atoms with Gasteiger partial charge in [0.25, 0.3) is 5.91 Å². The van der Waals surface area contributed by atoms with Crippen LogP contribution < -0.4 is 5.32 Å². The van der Waals surface area contributed by atoms with Crippen LogP contribution in [0.2, 0.25) is 5.15 Å². The Morgan fingerprint density at radius 2 is 1.91 bits per heavy atom. The molecule has 0 unspecified atom stereocenters. The molecule has 1 aromatic carbocycles. The molecular weight excluding hydrogens is 438 g/mol. The number of amides is 1. The summed E-state index contributed by atoms with van der Waals surface area (Å²) < 4.78 is 1.57. The molecular formula is C24H18ClN7O. The van der Waals surface area contributed by atoms with E-state index in [9.17, 15) is 15.3 Å². The summed E-state index contributed by atoms with van der Waals surface area (Å²) in [4.78, 5) is 21.6. The Labute approximate surface area is 195 Å². The van der Waals surface area contributed by atoms with Gasteiger partial charge in [0.15, 0.2) is 5.65 Å². The van der Waals surface area contributed by atoms with E-state index in [1.54, 1.807) is 48.8 Å². The monoisotopic (exact) mass is 455 g/mol. The average molecular weight is 456 g/mol. The quantitative estimate of drug-likeness (QED) is 0.457. The van der Waals surface area contributed by atoms with Crippen molar-refractivity contribution < 1.29 is 4.79 Å². The predicted octanol–water partition coefficient (Wildman–Crippen LogP) is 4.32. The topological polar surface area (TPSA) is 120 Å². The zero-order valence-electron chi connectivity index (χ0n) is 18.1. The zero-order chi connectivity index (χ0) is 23.8. The SMILES string of the molecule is Cc1cc(-c2c(-c3cccc(C#N)c3)nn3ccc(C(=O)NC(C)(C)C#N)nc23)cc(Cl)n1. The van der Waals surface area contributed by atoms with Crippen LogP contribution in [0, 0.1) is 29.6 Å². The van der Waals surface area contributed by atoms with Crippen molar-refractivity contribution in [3.63, 3.8) is 0 Å². The fourth-order valence-corrected chi connectivity index (χ4v) is 3.66. The molecule has 3 aromatic heterocycles. The minimum Gasteiger partial charge on any atom is -0.333 e. The maximum atomic E-state index is 12.8. The molecule has 0 spiro atoms. The largest absolute Gasteiger partial charge is 0.333 e. The Bertz CT molecular complexity index is 1470. The number of carbonyl (C=O) groups excluding carboxylic acids is 1. The summed E-state index contributed by atoms with van der Waals surface area (Å²) in [7, 11) is 0. The van der Waals surface area contributed by atoms with Crippen molar-refractivity contribution in [3.05, 3.63) is 70.8 Å². The standard InChI is InChI=1S/C24H18ClN7O/c1-14-9-17(11-19(25)28-14)20-21(16-6-4-5-15(10-16)12-26)31-32-8-7-18(29-22(20)32)23(33)30-24(2,3)13-27/h4-11H,1-3H3,(H,30,33). The average Bonchev–Trinajstić information content (AvgIpc) is 3.17. The molecule has 0 aliphatic rings. The van der Waals surface area contributed by atoms with Crippen LogP contribution in [0.15, 0.2) is 48.7 Å². The highest BCUT2D eigenvalue weighted by atomic mass is 35.5. The Kier molecular flexibility index (Phi) is 5.55. The van der Waals surface area contributed by atoms with Gasteiger partial charge in [0.05, 0.1) is 23.3 Å². The fourth-order valence-electron chi connectivity index (χ4n) is 3.41. The number of fused-ring (bicyclic) bond motifs is 1. The van der Waals surface area contributed by atoms with E-state index in [-0.39, 0.29) is 5.69 Å². The van der Waals surface area contributed by atoms with Crippen molar-refractivity contribution in [3.8, 4) is 34.5 Å². The Morgan fingerprint density at radius 3 is 2.61 bits per heavy atom. The molecule has 3 heterocycles. The molecule has 4 aromatic rings. The van der Waals surface area contributed by atoms with Crippen LogP contribution in [0.1, 0.15) is 35.6 Å². The third-order valence-electron chi connectivity index (χ3n) is 4.90. The molecule has 1 N–H and O–H groups in total. The van der Waals surface area contributed by atoms with Crippen molar-refractivity contribution in [2.24, 2.45) is 0 Å². The van der Waals surface area contributed by atoms with E-state index in [1.165, 1.54) is 6.07 Å². The van der Waals surface area contributed by atoms with Gasteiger partial charge in [-0.1, -0.05) is 23.7 Å². The van der Waals surface area contributed by atoms with Crippen molar-refractivity contribution in [1.29, 1.82) is 10.5 Å². The van der Waals surface area contributed by atoms with Crippen molar-refractivity contribution in [1.82, 2.24) is 24.9 Å². The molecule has 1 amide bonds. The minimum absolute atomic E-state index is 0.140. The lowest BCUT2D eigenvalue weighted by Crippen LogP contribution is -2.42. The van der Waals surface area contributed by atoms with Crippen LogP contribution in [-0.2, 0) is 0 Å². The molecule has 4 rings (SSSR count). The van der Waals surface area contributed by atoms with E-state index < -0.39 is 11.4 Å². The lowest BCUT2D eigenvalue weighted by Gasteiger charge is -2.16. The maximum Gasteiger partial charge on any atom is 0.271 e. The number of nitrogens with one attached hydrogen (secondary N) is 1. The normalized spacial score (nSPS) is 11.1. The number of rotatable bonds is 4. The second-order valence-corrected chi connectivity index (χ2v) is 8.40. The van der Waals surface area contributed by atoms with Crippen molar-refractivity contribution >= 4 is 23.2 Å². The Morgan fingerprint density at radius 1 is 1.12 bits per heavy atom. The van der Waals surface area contributed by atoms with Gasteiger partial charge in [0.2, 0.25) is 0 Å². The summed E-state index contributed by atoms with van der Waals surface area (Å²) in [6.07, 6.45) is 1.63. The fraction of sp³-hybridized carbons (Fsp3) is 0.167. The van der Waals surface area contributed by atoms with Crippen LogP contribution in [-0.4, -0.2) is 31.0 Å². The molecule has 9 heteroatoms. The number of hydrogen-bond donors (Lipinski definition) is 1. The van der Waals surface area contributed by atoms with Crippen LogP contribution in [0.25, 0.3) is 28.0 Å². The Hall–Kier alpha value is -4.27. The number of carbonyl (C=O) groups is 1. The van der Waals surface area contributed by atoms with Crippen LogP contribution in [0.5, 0.6) is 0 Å². The predicted molar refractivity (Wildman–Crippen MR) is 123 cm³/mol. The summed E-state index contributed by atoms with van der Waals surface area (Å²) in [5.41, 5.74) is 3.39. The lowest BCUT2D eigenvalue weighted by molar-refractivity contribution is 0.0924. The van der Waals surface area contributed by atoms with E-state index in [4.69, 9.17) is 11.6 Å². The number of pyridine rings is 1. The Balaban J connectivity index is 1.97. The summed E-state index contributed by atoms with van der Waals surface area (Å²) in [6.45, 7) is 5.04. The number of halogens is 1. The van der Waals surface area contributed by atoms with Gasteiger partial charge in [0.1, 0.15) is 22.1 Å². The van der Waals surface area contributed by atoms with Crippen LogP contribution >= 0.6 is 11.6 Å². The van der Waals surface area contributed by atoms with Crippen molar-refractivity contribution in [2.75, 3.05) is 0 Å². The number of hydrogen-bond acceptors (Lipinski definition) is 6. The van der Waals surface area contributed by atoms with Gasteiger partial charge in [-0.3, -0.25) is 4.79 Å². The number of benzene rings is 1. The zero-order valence-corrected chi connectivity index (χ0v) is 18.8. The van der Waals surface area contributed by atoms with Crippen LogP contribution in [0.4, 0.5) is 0 Å². The van der Waals surface area contributed by atoms with E-state index in [2.05, 4.69) is 26.5 Å². The summed E-state index contributed by atoms with van der Waals surface area (Å²) >= 11 is 6.24. The second-order valence-electron chi connectivity index (χ2n) is 8.01. The first-order valence-corrected chi connectivity index (χ1v) is 10.4. The van der Waals surface area contributed by atoms with Gasteiger partial charge in [-0.25, -0.2) is 14.5 Å². The van der Waals surface area contributed by atoms with E-state index >= 15 is 0 Å². The first kappa shape index (κ1) is 21.9. The molecule has 8 nitrogen and oxygen atoms in total. The number of aromatic nitrogens is 4.